The van der Waals surface area contributed by atoms with Crippen molar-refractivity contribution in [1.82, 2.24) is 4.90 Å². The zero-order valence-corrected chi connectivity index (χ0v) is 16.2. The Kier molecular flexibility index (Phi) is 5.48. The molecule has 3 nitrogen and oxygen atoms in total. The van der Waals surface area contributed by atoms with Crippen LogP contribution in [-0.2, 0) is 11.0 Å². The SMILES string of the molecule is CC(C)CN1C(=O)/C(=C/c2ccc(-c3cccc(C(F)(F)F)c3)o2)SC1=S. The molecule has 0 N–H and O–H groups in total. The van der Waals surface area contributed by atoms with Crippen LogP contribution in [0, 0.1) is 5.92 Å². The van der Waals surface area contributed by atoms with Crippen molar-refractivity contribution in [1.29, 1.82) is 0 Å². The van der Waals surface area contributed by atoms with E-state index < -0.39 is 11.7 Å². The van der Waals surface area contributed by atoms with Crippen molar-refractivity contribution < 1.29 is 22.4 Å². The Bertz CT molecular complexity index is 916. The fraction of sp³-hybridized carbons (Fsp3) is 0.263. The lowest BCUT2D eigenvalue weighted by molar-refractivity contribution is -0.137. The number of rotatable bonds is 4. The predicted octanol–water partition coefficient (Wildman–Crippen LogP) is 5.82. The van der Waals surface area contributed by atoms with Crippen LogP contribution in [0.25, 0.3) is 17.4 Å². The highest BCUT2D eigenvalue weighted by molar-refractivity contribution is 8.26. The first-order valence-corrected chi connectivity index (χ1v) is 9.40. The normalized spacial score (nSPS) is 16.8. The summed E-state index contributed by atoms with van der Waals surface area (Å²) in [6, 6.07) is 8.11. The molecule has 0 spiro atoms. The van der Waals surface area contributed by atoms with E-state index in [0.717, 1.165) is 12.1 Å². The quantitative estimate of drug-likeness (QED) is 0.469. The van der Waals surface area contributed by atoms with E-state index >= 15 is 0 Å². The number of halogens is 3. The molecule has 1 aromatic heterocycles. The largest absolute Gasteiger partial charge is 0.457 e. The van der Waals surface area contributed by atoms with Gasteiger partial charge >= 0.3 is 6.18 Å². The van der Waals surface area contributed by atoms with Gasteiger partial charge in [-0.1, -0.05) is 50.0 Å². The summed E-state index contributed by atoms with van der Waals surface area (Å²) in [4.78, 5) is 14.5. The van der Waals surface area contributed by atoms with Crippen LogP contribution in [0.2, 0.25) is 0 Å². The van der Waals surface area contributed by atoms with Crippen LogP contribution in [0.4, 0.5) is 13.2 Å². The van der Waals surface area contributed by atoms with Gasteiger partial charge in [-0.15, -0.1) is 0 Å². The molecule has 0 radical (unpaired) electrons. The molecule has 8 heteroatoms. The minimum Gasteiger partial charge on any atom is -0.457 e. The molecule has 0 saturated carbocycles. The van der Waals surface area contributed by atoms with Crippen molar-refractivity contribution in [3.05, 3.63) is 52.6 Å². The Morgan fingerprint density at radius 3 is 2.67 bits per heavy atom. The number of carbonyl (C=O) groups is 1. The van der Waals surface area contributed by atoms with E-state index in [1.807, 2.05) is 13.8 Å². The monoisotopic (exact) mass is 411 g/mol. The van der Waals surface area contributed by atoms with E-state index in [0.29, 0.717) is 32.9 Å². The number of benzene rings is 1. The smallest absolute Gasteiger partial charge is 0.416 e. The zero-order valence-electron chi connectivity index (χ0n) is 14.5. The molecule has 27 heavy (non-hydrogen) atoms. The van der Waals surface area contributed by atoms with E-state index in [-0.39, 0.29) is 11.8 Å². The summed E-state index contributed by atoms with van der Waals surface area (Å²) in [5, 5.41) is 0. The molecule has 0 aliphatic carbocycles. The Labute approximate surface area is 164 Å². The fourth-order valence-corrected chi connectivity index (χ4v) is 3.84. The van der Waals surface area contributed by atoms with E-state index in [1.54, 1.807) is 29.2 Å². The molecule has 0 unspecified atom stereocenters. The molecular formula is C19H16F3NO2S2. The Morgan fingerprint density at radius 2 is 2.00 bits per heavy atom. The second-order valence-electron chi connectivity index (χ2n) is 6.47. The van der Waals surface area contributed by atoms with Crippen LogP contribution >= 0.6 is 24.0 Å². The first-order valence-electron chi connectivity index (χ1n) is 8.18. The molecule has 1 fully saturated rings. The maximum atomic E-state index is 12.9. The highest BCUT2D eigenvalue weighted by atomic mass is 32.2. The van der Waals surface area contributed by atoms with Gasteiger partial charge in [0.1, 0.15) is 15.8 Å². The number of nitrogens with zero attached hydrogens (tertiary/aromatic N) is 1. The van der Waals surface area contributed by atoms with Gasteiger partial charge in [0.15, 0.2) is 0 Å². The summed E-state index contributed by atoms with van der Waals surface area (Å²) in [5.74, 6) is 0.774. The van der Waals surface area contributed by atoms with Gasteiger partial charge in [0.25, 0.3) is 5.91 Å². The zero-order chi connectivity index (χ0) is 19.8. The third-order valence-electron chi connectivity index (χ3n) is 3.80. The second-order valence-corrected chi connectivity index (χ2v) is 8.14. The van der Waals surface area contributed by atoms with Gasteiger partial charge in [-0.2, -0.15) is 13.2 Å². The predicted molar refractivity (Wildman–Crippen MR) is 104 cm³/mol. The third-order valence-corrected chi connectivity index (χ3v) is 5.17. The van der Waals surface area contributed by atoms with Crippen molar-refractivity contribution in [2.24, 2.45) is 5.92 Å². The second kappa shape index (κ2) is 7.52. The average Bonchev–Trinajstić information content (AvgIpc) is 3.15. The number of thioether (sulfide) groups is 1. The maximum Gasteiger partial charge on any atom is 0.416 e. The van der Waals surface area contributed by atoms with Crippen molar-refractivity contribution >= 4 is 40.3 Å². The number of thiocarbonyl (C=S) groups is 1. The summed E-state index contributed by atoms with van der Waals surface area (Å²) in [7, 11) is 0. The lowest BCUT2D eigenvalue weighted by Gasteiger charge is -2.16. The van der Waals surface area contributed by atoms with Gasteiger partial charge in [0.05, 0.1) is 10.5 Å². The van der Waals surface area contributed by atoms with Crippen molar-refractivity contribution in [3.63, 3.8) is 0 Å². The Hall–Kier alpha value is -2.06. The molecule has 0 bridgehead atoms. The molecule has 1 aliphatic heterocycles. The standard InChI is InChI=1S/C19H16F3NO2S2/c1-11(2)10-23-17(24)16(27-18(23)26)9-14-6-7-15(25-14)12-4-3-5-13(8-12)19(20,21)22/h3-9,11H,10H2,1-2H3/b16-9-. The molecule has 1 aromatic carbocycles. The number of alkyl halides is 3. The van der Waals surface area contributed by atoms with Crippen LogP contribution in [0.5, 0.6) is 0 Å². The molecule has 2 heterocycles. The summed E-state index contributed by atoms with van der Waals surface area (Å²) in [6.07, 6.45) is -2.85. The molecule has 1 amide bonds. The van der Waals surface area contributed by atoms with Crippen LogP contribution in [0.15, 0.2) is 45.7 Å². The van der Waals surface area contributed by atoms with Gasteiger partial charge in [0, 0.05) is 18.2 Å². The molecule has 1 saturated heterocycles. The molecule has 3 rings (SSSR count). The van der Waals surface area contributed by atoms with E-state index in [1.165, 1.54) is 17.8 Å². The Morgan fingerprint density at radius 1 is 1.26 bits per heavy atom. The van der Waals surface area contributed by atoms with Crippen molar-refractivity contribution in [2.45, 2.75) is 20.0 Å². The minimum atomic E-state index is -4.42. The van der Waals surface area contributed by atoms with E-state index in [9.17, 15) is 18.0 Å². The number of carbonyl (C=O) groups excluding carboxylic acids is 1. The van der Waals surface area contributed by atoms with Gasteiger partial charge in [-0.05, 0) is 30.2 Å². The van der Waals surface area contributed by atoms with Crippen molar-refractivity contribution in [2.75, 3.05) is 6.54 Å². The number of hydrogen-bond donors (Lipinski definition) is 0. The van der Waals surface area contributed by atoms with Gasteiger partial charge in [0.2, 0.25) is 0 Å². The summed E-state index contributed by atoms with van der Waals surface area (Å²) in [6.45, 7) is 4.53. The van der Waals surface area contributed by atoms with E-state index in [4.69, 9.17) is 16.6 Å². The van der Waals surface area contributed by atoms with Crippen LogP contribution in [0.3, 0.4) is 0 Å². The lowest BCUT2D eigenvalue weighted by Crippen LogP contribution is -2.31. The highest BCUT2D eigenvalue weighted by Crippen LogP contribution is 2.35. The van der Waals surface area contributed by atoms with Gasteiger partial charge in [-0.25, -0.2) is 0 Å². The van der Waals surface area contributed by atoms with E-state index in [2.05, 4.69) is 0 Å². The van der Waals surface area contributed by atoms with Crippen LogP contribution < -0.4 is 0 Å². The van der Waals surface area contributed by atoms with Gasteiger partial charge < -0.3 is 4.42 Å². The molecule has 1 aliphatic rings. The summed E-state index contributed by atoms with van der Waals surface area (Å²) >= 11 is 6.44. The van der Waals surface area contributed by atoms with Gasteiger partial charge in [-0.3, -0.25) is 9.69 Å². The first-order chi connectivity index (χ1) is 12.6. The van der Waals surface area contributed by atoms with Crippen LogP contribution in [-0.4, -0.2) is 21.7 Å². The lowest BCUT2D eigenvalue weighted by atomic mass is 10.1. The molecule has 0 atom stereocenters. The first kappa shape index (κ1) is 19.7. The third kappa shape index (κ3) is 4.44. The summed E-state index contributed by atoms with van der Waals surface area (Å²) < 4.78 is 44.7. The van der Waals surface area contributed by atoms with Crippen LogP contribution in [0.1, 0.15) is 25.2 Å². The number of hydrogen-bond acceptors (Lipinski definition) is 4. The molecule has 2 aromatic rings. The molecule has 142 valence electrons. The fourth-order valence-electron chi connectivity index (χ4n) is 2.59. The maximum absolute atomic E-state index is 12.9. The average molecular weight is 411 g/mol. The highest BCUT2D eigenvalue weighted by Gasteiger charge is 2.33. The summed E-state index contributed by atoms with van der Waals surface area (Å²) in [5.41, 5.74) is -0.427. The number of furan rings is 1. The number of amides is 1. The topological polar surface area (TPSA) is 33.5 Å². The van der Waals surface area contributed by atoms with Crippen molar-refractivity contribution in [3.8, 4) is 11.3 Å². The Balaban J connectivity index is 1.84. The molecular weight excluding hydrogens is 395 g/mol. The minimum absolute atomic E-state index is 0.185.